The minimum absolute atomic E-state index is 0.278. The van der Waals surface area contributed by atoms with E-state index in [9.17, 15) is 18.0 Å². The molecule has 6 nitrogen and oxygen atoms in total. The molecule has 1 aliphatic rings. The zero-order valence-electron chi connectivity index (χ0n) is 24.3. The molecule has 42 heavy (non-hydrogen) atoms. The van der Waals surface area contributed by atoms with Gasteiger partial charge >= 0.3 is 12.3 Å². The molecule has 0 spiro atoms. The Labute approximate surface area is 254 Å². The molecule has 1 amide bonds. The number of unbranched alkanes of at least 4 members (excludes halogenated alkanes) is 3. The predicted octanol–water partition coefficient (Wildman–Crippen LogP) is 8.73. The molecule has 3 aromatic rings. The summed E-state index contributed by atoms with van der Waals surface area (Å²) in [5.41, 5.74) is 1.13. The number of benzene rings is 2. The molecule has 4 rings (SSSR count). The highest BCUT2D eigenvalue weighted by Crippen LogP contribution is 2.34. The molecular weight excluding hydrogens is 585 g/mol. The van der Waals surface area contributed by atoms with Gasteiger partial charge < -0.3 is 19.9 Å². The third kappa shape index (κ3) is 9.07. The summed E-state index contributed by atoms with van der Waals surface area (Å²) in [6.45, 7) is 9.01. The first-order valence-corrected chi connectivity index (χ1v) is 15.6. The van der Waals surface area contributed by atoms with Crippen molar-refractivity contribution in [2.24, 2.45) is 0 Å². The highest BCUT2D eigenvalue weighted by atomic mass is 35.5. The number of carbonyl (C=O) groups is 1. The Morgan fingerprint density at radius 2 is 1.74 bits per heavy atom. The van der Waals surface area contributed by atoms with Gasteiger partial charge in [0.2, 0.25) is 0 Å². The molecule has 1 N–H and O–H groups in total. The molecule has 0 aliphatic carbocycles. The number of thioether (sulfide) groups is 1. The van der Waals surface area contributed by atoms with E-state index in [1.165, 1.54) is 6.07 Å². The average Bonchev–Trinajstić information content (AvgIpc) is 2.93. The topological polar surface area (TPSA) is 57.7 Å². The summed E-state index contributed by atoms with van der Waals surface area (Å²) >= 11 is 8.28. The zero-order chi connectivity index (χ0) is 30.3. The number of amides is 1. The molecule has 0 saturated carbocycles. The molecule has 1 fully saturated rings. The molecule has 228 valence electrons. The maximum absolute atomic E-state index is 13.0. The second kappa shape index (κ2) is 14.1. The number of nitrogens with one attached hydrogen (secondary N) is 1. The summed E-state index contributed by atoms with van der Waals surface area (Å²) in [7, 11) is 0. The van der Waals surface area contributed by atoms with Gasteiger partial charge in [0, 0.05) is 54.9 Å². The molecule has 1 aliphatic heterocycles. The first kappa shape index (κ1) is 32.1. The van der Waals surface area contributed by atoms with Gasteiger partial charge in [0.05, 0.1) is 21.8 Å². The fourth-order valence-electron chi connectivity index (χ4n) is 4.75. The summed E-state index contributed by atoms with van der Waals surface area (Å²) in [6.07, 6.45) is 1.12. The van der Waals surface area contributed by atoms with Crippen molar-refractivity contribution in [3.05, 3.63) is 59.2 Å². The van der Waals surface area contributed by atoms with E-state index in [1.54, 1.807) is 22.9 Å². The van der Waals surface area contributed by atoms with Gasteiger partial charge in [0.1, 0.15) is 5.60 Å². The molecule has 0 unspecified atom stereocenters. The van der Waals surface area contributed by atoms with Crippen molar-refractivity contribution in [1.29, 1.82) is 0 Å². The Bertz CT molecular complexity index is 1360. The highest BCUT2D eigenvalue weighted by molar-refractivity contribution is 7.99. The normalized spacial score (nSPS) is 14.4. The number of rotatable bonds is 10. The number of ether oxygens (including phenoxy) is 1. The maximum atomic E-state index is 13.0. The molecule has 11 heteroatoms. The van der Waals surface area contributed by atoms with Gasteiger partial charge in [-0.25, -0.2) is 4.79 Å². The third-order valence-corrected chi connectivity index (χ3v) is 8.37. The van der Waals surface area contributed by atoms with Crippen LogP contribution in [-0.2, 0) is 10.9 Å². The van der Waals surface area contributed by atoms with Crippen molar-refractivity contribution >= 4 is 51.7 Å². The van der Waals surface area contributed by atoms with Gasteiger partial charge in [-0.1, -0.05) is 30.5 Å². The highest BCUT2D eigenvalue weighted by Gasteiger charge is 2.31. The van der Waals surface area contributed by atoms with Gasteiger partial charge in [0.25, 0.3) is 0 Å². The van der Waals surface area contributed by atoms with Gasteiger partial charge in [0.15, 0.2) is 0 Å². The summed E-state index contributed by atoms with van der Waals surface area (Å²) in [6, 6.07) is 11.6. The minimum atomic E-state index is -4.37. The van der Waals surface area contributed by atoms with Crippen molar-refractivity contribution in [2.75, 3.05) is 48.7 Å². The molecule has 0 bridgehead atoms. The maximum Gasteiger partial charge on any atom is 0.416 e. The number of piperazine rings is 1. The van der Waals surface area contributed by atoms with Crippen LogP contribution >= 0.6 is 23.4 Å². The summed E-state index contributed by atoms with van der Waals surface area (Å²) in [5.74, 6) is 0.899. The van der Waals surface area contributed by atoms with E-state index >= 15 is 0 Å². The van der Waals surface area contributed by atoms with Crippen LogP contribution in [0.5, 0.6) is 0 Å². The second-order valence-electron chi connectivity index (χ2n) is 11.3. The van der Waals surface area contributed by atoms with E-state index in [4.69, 9.17) is 16.3 Å². The standard InChI is InChI=1S/C31H38ClF3N4O2S/c1-30(2,3)41-29(40)39-17-15-38(16-18-39)27-11-9-23(21-25(27)32)36-13-6-4-5-7-19-42-28-12-14-37-26-20-22(31(33,34)35)8-10-24(26)28/h8-12,14,20-21,36H,4-7,13,15-19H2,1-3H3. The number of carbonyl (C=O) groups excluding carboxylic acids is 1. The van der Waals surface area contributed by atoms with E-state index in [-0.39, 0.29) is 6.09 Å². The largest absolute Gasteiger partial charge is 0.444 e. The number of fused-ring (bicyclic) bond motifs is 1. The smallest absolute Gasteiger partial charge is 0.416 e. The molecule has 0 radical (unpaired) electrons. The van der Waals surface area contributed by atoms with E-state index < -0.39 is 17.3 Å². The number of pyridine rings is 1. The summed E-state index contributed by atoms with van der Waals surface area (Å²) in [4.78, 5) is 21.3. The van der Waals surface area contributed by atoms with E-state index in [0.29, 0.717) is 36.7 Å². The van der Waals surface area contributed by atoms with Gasteiger partial charge in [-0.2, -0.15) is 13.2 Å². The van der Waals surface area contributed by atoms with Crippen LogP contribution in [0.1, 0.15) is 52.0 Å². The molecule has 2 heterocycles. The van der Waals surface area contributed by atoms with Crippen molar-refractivity contribution in [2.45, 2.75) is 63.1 Å². The molecule has 1 aromatic heterocycles. The van der Waals surface area contributed by atoms with Crippen LogP contribution in [-0.4, -0.2) is 60.1 Å². The lowest BCUT2D eigenvalue weighted by Crippen LogP contribution is -2.50. The summed E-state index contributed by atoms with van der Waals surface area (Å²) < 4.78 is 44.5. The van der Waals surface area contributed by atoms with Crippen molar-refractivity contribution in [1.82, 2.24) is 9.88 Å². The van der Waals surface area contributed by atoms with Gasteiger partial charge in [-0.15, -0.1) is 11.8 Å². The van der Waals surface area contributed by atoms with Crippen LogP contribution in [0, 0.1) is 0 Å². The quantitative estimate of drug-likeness (QED) is 0.180. The van der Waals surface area contributed by atoms with Crippen LogP contribution in [0.15, 0.2) is 53.6 Å². The van der Waals surface area contributed by atoms with Crippen molar-refractivity contribution in [3.63, 3.8) is 0 Å². The number of hydrogen-bond donors (Lipinski definition) is 1. The SMILES string of the molecule is CC(C)(C)OC(=O)N1CCN(c2ccc(NCCCCCCSc3ccnc4cc(C(F)(F)F)ccc34)cc2Cl)CC1. The average molecular weight is 623 g/mol. The minimum Gasteiger partial charge on any atom is -0.444 e. The van der Waals surface area contributed by atoms with Crippen molar-refractivity contribution < 1.29 is 22.7 Å². The van der Waals surface area contributed by atoms with Crippen LogP contribution in [0.25, 0.3) is 10.9 Å². The molecule has 2 aromatic carbocycles. The number of anilines is 2. The Morgan fingerprint density at radius 3 is 2.43 bits per heavy atom. The third-order valence-electron chi connectivity index (χ3n) is 6.91. The van der Waals surface area contributed by atoms with E-state index in [0.717, 1.165) is 71.8 Å². The number of aromatic nitrogens is 1. The Balaban J connectivity index is 1.13. The number of halogens is 4. The lowest BCUT2D eigenvalue weighted by molar-refractivity contribution is -0.137. The van der Waals surface area contributed by atoms with Crippen LogP contribution < -0.4 is 10.2 Å². The Morgan fingerprint density at radius 1 is 1.00 bits per heavy atom. The van der Waals surface area contributed by atoms with Crippen molar-refractivity contribution in [3.8, 4) is 0 Å². The second-order valence-corrected chi connectivity index (χ2v) is 12.9. The van der Waals surface area contributed by atoms with E-state index in [2.05, 4.69) is 15.2 Å². The van der Waals surface area contributed by atoms with Crippen LogP contribution in [0.4, 0.5) is 29.3 Å². The Kier molecular flexibility index (Phi) is 10.8. The monoisotopic (exact) mass is 622 g/mol. The fraction of sp³-hybridized carbons (Fsp3) is 0.484. The number of nitrogens with zero attached hydrogens (tertiary/aromatic N) is 3. The van der Waals surface area contributed by atoms with E-state index in [1.807, 2.05) is 45.0 Å². The number of hydrogen-bond acceptors (Lipinski definition) is 6. The van der Waals surface area contributed by atoms with Gasteiger partial charge in [-0.3, -0.25) is 4.98 Å². The number of alkyl halides is 3. The molecular formula is C31H38ClF3N4O2S. The zero-order valence-corrected chi connectivity index (χ0v) is 25.8. The molecule has 1 saturated heterocycles. The van der Waals surface area contributed by atoms with Crippen LogP contribution in [0.3, 0.4) is 0 Å². The first-order chi connectivity index (χ1) is 19.9. The molecule has 0 atom stereocenters. The fourth-order valence-corrected chi connectivity index (χ4v) is 6.10. The van der Waals surface area contributed by atoms with Gasteiger partial charge in [-0.05, 0) is 75.8 Å². The lowest BCUT2D eigenvalue weighted by atomic mass is 10.1. The summed E-state index contributed by atoms with van der Waals surface area (Å²) in [5, 5.41) is 4.89. The Hall–Kier alpha value is -2.85. The first-order valence-electron chi connectivity index (χ1n) is 14.3. The predicted molar refractivity (Wildman–Crippen MR) is 166 cm³/mol. The lowest BCUT2D eigenvalue weighted by Gasteiger charge is -2.37. The van der Waals surface area contributed by atoms with Crippen LogP contribution in [0.2, 0.25) is 5.02 Å².